The Bertz CT molecular complexity index is 928. The lowest BCUT2D eigenvalue weighted by molar-refractivity contribution is -0.132. The van der Waals surface area contributed by atoms with Crippen LogP contribution in [-0.4, -0.2) is 57.3 Å². The van der Waals surface area contributed by atoms with Crippen LogP contribution in [0.1, 0.15) is 322 Å². The van der Waals surface area contributed by atoms with Gasteiger partial charge in [-0.25, -0.2) is 0 Å². The van der Waals surface area contributed by atoms with E-state index in [2.05, 4.69) is 31.3 Å². The summed E-state index contributed by atoms with van der Waals surface area (Å²) < 4.78 is 0. The predicted octanol–water partition coefficient (Wildman–Crippen LogP) is 16.9. The average molecular weight is 907 g/mol. The van der Waals surface area contributed by atoms with Gasteiger partial charge in [-0.2, -0.15) is 0 Å². The fourth-order valence-electron chi connectivity index (χ4n) is 9.41. The number of unbranched alkanes of at least 4 members (excludes halogenated alkanes) is 43. The molecule has 4 atom stereocenters. The molecule has 0 aromatic heterocycles. The summed E-state index contributed by atoms with van der Waals surface area (Å²) in [5.41, 5.74) is 0. The van der Waals surface area contributed by atoms with Gasteiger partial charge < -0.3 is 25.7 Å². The Labute approximate surface area is 400 Å². The van der Waals surface area contributed by atoms with Gasteiger partial charge in [0.15, 0.2) is 0 Å². The first-order valence-electron chi connectivity index (χ1n) is 29.1. The summed E-state index contributed by atoms with van der Waals surface area (Å²) in [6.07, 6.45) is 63.1. The van der Waals surface area contributed by atoms with Crippen molar-refractivity contribution >= 4 is 5.91 Å². The molecule has 382 valence electrons. The zero-order valence-electron chi connectivity index (χ0n) is 43.3. The number of rotatable bonds is 54. The van der Waals surface area contributed by atoms with Crippen LogP contribution in [0.3, 0.4) is 0 Å². The van der Waals surface area contributed by atoms with E-state index in [4.69, 9.17) is 0 Å². The zero-order chi connectivity index (χ0) is 46.7. The van der Waals surface area contributed by atoms with E-state index < -0.39 is 36.9 Å². The van der Waals surface area contributed by atoms with Gasteiger partial charge >= 0.3 is 0 Å². The highest BCUT2D eigenvalue weighted by atomic mass is 16.3. The molecule has 6 nitrogen and oxygen atoms in total. The third-order valence-corrected chi connectivity index (χ3v) is 14.0. The fourth-order valence-corrected chi connectivity index (χ4v) is 9.41. The van der Waals surface area contributed by atoms with Gasteiger partial charge in [0.2, 0.25) is 5.91 Å². The quantitative estimate of drug-likeness (QED) is 0.0308. The van der Waals surface area contributed by atoms with Crippen LogP contribution in [-0.2, 0) is 4.79 Å². The van der Waals surface area contributed by atoms with Gasteiger partial charge in [0.05, 0.1) is 18.8 Å². The van der Waals surface area contributed by atoms with Crippen LogP contribution >= 0.6 is 0 Å². The van der Waals surface area contributed by atoms with E-state index in [0.29, 0.717) is 12.8 Å². The van der Waals surface area contributed by atoms with E-state index in [1.807, 2.05) is 0 Å². The van der Waals surface area contributed by atoms with Gasteiger partial charge in [-0.3, -0.25) is 4.79 Å². The molecule has 0 spiro atoms. The van der Waals surface area contributed by atoms with Crippen molar-refractivity contribution in [1.82, 2.24) is 5.32 Å². The maximum Gasteiger partial charge on any atom is 0.249 e. The smallest absolute Gasteiger partial charge is 0.249 e. The van der Waals surface area contributed by atoms with Gasteiger partial charge in [0.25, 0.3) is 0 Å². The normalized spacial score (nSPS) is 13.8. The highest BCUT2D eigenvalue weighted by molar-refractivity contribution is 5.80. The minimum Gasteiger partial charge on any atom is -0.394 e. The lowest BCUT2D eigenvalue weighted by atomic mass is 10.00. The monoisotopic (exact) mass is 906 g/mol. The van der Waals surface area contributed by atoms with Crippen LogP contribution in [0.5, 0.6) is 0 Å². The largest absolute Gasteiger partial charge is 0.394 e. The van der Waals surface area contributed by atoms with Gasteiger partial charge in [-0.05, 0) is 38.5 Å². The minimum atomic E-state index is -1.28. The first-order chi connectivity index (χ1) is 31.5. The molecule has 0 radical (unpaired) electrons. The molecule has 4 unspecified atom stereocenters. The summed E-state index contributed by atoms with van der Waals surface area (Å²) in [5, 5.41) is 43.8. The lowest BCUT2D eigenvalue weighted by Crippen LogP contribution is -2.53. The molecule has 0 saturated carbocycles. The van der Waals surface area contributed by atoms with Crippen molar-refractivity contribution in [2.45, 2.75) is 346 Å². The highest BCUT2D eigenvalue weighted by Gasteiger charge is 2.28. The first kappa shape index (κ1) is 63.0. The first-order valence-corrected chi connectivity index (χ1v) is 29.1. The Morgan fingerprint density at radius 3 is 0.938 bits per heavy atom. The molecule has 0 aromatic carbocycles. The molecule has 0 bridgehead atoms. The number of hydrogen-bond donors (Lipinski definition) is 5. The summed E-state index contributed by atoms with van der Waals surface area (Å²) in [5.74, 6) is -0.587. The maximum atomic E-state index is 12.6. The standard InChI is InChI=1S/C58H115NO5/c1-3-5-7-9-11-13-15-17-19-20-21-22-23-24-25-26-27-28-29-30-31-32-33-34-35-36-37-38-40-42-44-46-48-50-52-56(62)58(64)59-54(53-60)57(63)55(61)51-49-47-45-43-41-39-18-16-14-12-10-8-6-4-2/h43,45,54-57,60-63H,3-42,44,46-53H2,1-2H3,(H,59,64)/b45-43+. The number of carbonyl (C=O) groups excluding carboxylic acids is 1. The minimum absolute atomic E-state index is 0.369. The molecule has 0 aliphatic carbocycles. The Morgan fingerprint density at radius 1 is 0.375 bits per heavy atom. The van der Waals surface area contributed by atoms with Crippen molar-refractivity contribution in [3.05, 3.63) is 12.2 Å². The lowest BCUT2D eigenvalue weighted by Gasteiger charge is -2.27. The van der Waals surface area contributed by atoms with E-state index in [0.717, 1.165) is 38.5 Å². The number of aliphatic hydroxyl groups is 4. The molecule has 6 heteroatoms. The third kappa shape index (κ3) is 46.2. The van der Waals surface area contributed by atoms with Crippen molar-refractivity contribution in [2.75, 3.05) is 6.61 Å². The summed E-state index contributed by atoms with van der Waals surface area (Å²) in [6.45, 7) is 4.07. The van der Waals surface area contributed by atoms with Gasteiger partial charge in [-0.1, -0.05) is 296 Å². The van der Waals surface area contributed by atoms with Crippen LogP contribution in [0.15, 0.2) is 12.2 Å². The molecule has 0 aliphatic heterocycles. The second kappa shape index (κ2) is 53.0. The van der Waals surface area contributed by atoms with Crippen LogP contribution in [0.4, 0.5) is 0 Å². The second-order valence-corrected chi connectivity index (χ2v) is 20.3. The second-order valence-electron chi connectivity index (χ2n) is 20.3. The Balaban J connectivity index is 3.51. The van der Waals surface area contributed by atoms with Crippen LogP contribution < -0.4 is 5.32 Å². The molecular weight excluding hydrogens is 791 g/mol. The molecule has 0 aliphatic rings. The Hall–Kier alpha value is -0.950. The molecule has 0 saturated heterocycles. The molecule has 0 rings (SSSR count). The van der Waals surface area contributed by atoms with E-state index in [1.54, 1.807) is 0 Å². The van der Waals surface area contributed by atoms with Crippen molar-refractivity contribution < 1.29 is 25.2 Å². The summed E-state index contributed by atoms with van der Waals surface area (Å²) in [7, 11) is 0. The summed E-state index contributed by atoms with van der Waals surface area (Å²) >= 11 is 0. The van der Waals surface area contributed by atoms with E-state index >= 15 is 0 Å². The third-order valence-electron chi connectivity index (χ3n) is 14.0. The van der Waals surface area contributed by atoms with Crippen molar-refractivity contribution in [3.8, 4) is 0 Å². The molecule has 0 aromatic rings. The molecular formula is C58H115NO5. The Kier molecular flexibility index (Phi) is 52.2. The number of amides is 1. The Morgan fingerprint density at radius 2 is 0.641 bits per heavy atom. The van der Waals surface area contributed by atoms with Crippen LogP contribution in [0, 0.1) is 0 Å². The van der Waals surface area contributed by atoms with Gasteiger partial charge in [-0.15, -0.1) is 0 Å². The molecule has 64 heavy (non-hydrogen) atoms. The summed E-state index contributed by atoms with van der Waals surface area (Å²) in [4.78, 5) is 12.6. The molecule has 0 fully saturated rings. The predicted molar refractivity (Wildman–Crippen MR) is 279 cm³/mol. The highest BCUT2D eigenvalue weighted by Crippen LogP contribution is 2.18. The zero-order valence-corrected chi connectivity index (χ0v) is 43.3. The van der Waals surface area contributed by atoms with E-state index in [9.17, 15) is 25.2 Å². The number of aliphatic hydroxyl groups excluding tert-OH is 4. The van der Waals surface area contributed by atoms with Crippen LogP contribution in [0.2, 0.25) is 0 Å². The average Bonchev–Trinajstić information content (AvgIpc) is 3.30. The van der Waals surface area contributed by atoms with E-state index in [-0.39, 0.29) is 0 Å². The van der Waals surface area contributed by atoms with E-state index in [1.165, 1.54) is 257 Å². The fraction of sp³-hybridized carbons (Fsp3) is 0.948. The van der Waals surface area contributed by atoms with Crippen molar-refractivity contribution in [2.24, 2.45) is 0 Å². The number of nitrogens with one attached hydrogen (secondary N) is 1. The topological polar surface area (TPSA) is 110 Å². The maximum absolute atomic E-state index is 12.6. The molecule has 0 heterocycles. The van der Waals surface area contributed by atoms with Crippen molar-refractivity contribution in [3.63, 3.8) is 0 Å². The number of allylic oxidation sites excluding steroid dienone is 2. The van der Waals surface area contributed by atoms with Gasteiger partial charge in [0.1, 0.15) is 12.2 Å². The molecule has 1 amide bonds. The van der Waals surface area contributed by atoms with Crippen LogP contribution in [0.25, 0.3) is 0 Å². The number of carbonyl (C=O) groups is 1. The van der Waals surface area contributed by atoms with Gasteiger partial charge in [0, 0.05) is 0 Å². The summed E-state index contributed by atoms with van der Waals surface area (Å²) in [6, 6.07) is -0.998. The SMILES string of the molecule is CCCCCCCCCCC/C=C/CCCC(O)C(O)C(CO)NC(=O)C(O)CCCCCCCCCCCCCCCCCCCCCCCCCCCCCCCCCCCC. The number of hydrogen-bond acceptors (Lipinski definition) is 5. The van der Waals surface area contributed by atoms with Crippen molar-refractivity contribution in [1.29, 1.82) is 0 Å². The molecule has 5 N–H and O–H groups in total.